The van der Waals surface area contributed by atoms with Gasteiger partial charge in [0, 0.05) is 0 Å². The molecule has 0 radical (unpaired) electrons. The fourth-order valence-corrected chi connectivity index (χ4v) is 19.1. The Morgan fingerprint density at radius 1 is 0.269 bits per heavy atom. The van der Waals surface area contributed by atoms with Crippen molar-refractivity contribution >= 4 is 69.5 Å². The van der Waals surface area contributed by atoms with Crippen LogP contribution >= 0.6 is 0 Å². The van der Waals surface area contributed by atoms with Gasteiger partial charge in [0.2, 0.25) is 0 Å². The first-order valence-corrected chi connectivity index (χ1v) is 22.1. The second-order valence-corrected chi connectivity index (χ2v) is 21.1. The van der Waals surface area contributed by atoms with Crippen LogP contribution in [-0.4, -0.2) is 13.3 Å². The number of hydrogen-bond acceptors (Lipinski definition) is 1. The van der Waals surface area contributed by atoms with E-state index in [9.17, 15) is 0 Å². The molecule has 9 aromatic carbocycles. The van der Waals surface area contributed by atoms with E-state index in [0.29, 0.717) is 0 Å². The van der Waals surface area contributed by atoms with Crippen molar-refractivity contribution in [1.82, 2.24) is 0 Å². The number of anilines is 3. The molecular weight excluding hydrogens is 687 g/mol. The molecule has 0 bridgehead atoms. The Kier molecular flexibility index (Phi) is 8.48. The van der Waals surface area contributed by atoms with Gasteiger partial charge in [-0.3, -0.25) is 0 Å². The fraction of sp³-hybridized carbons (Fsp3) is 0. The molecule has 2 heteroatoms. The summed E-state index contributed by atoms with van der Waals surface area (Å²) in [6, 6.07) is 82.7. The van der Waals surface area contributed by atoms with Crippen LogP contribution in [0.2, 0.25) is 0 Å². The van der Waals surface area contributed by atoms with Crippen molar-refractivity contribution in [2.24, 2.45) is 0 Å². The summed E-state index contributed by atoms with van der Waals surface area (Å²) < 4.78 is 5.76. The summed E-state index contributed by atoms with van der Waals surface area (Å²) in [4.78, 5) is 2.32. The van der Waals surface area contributed by atoms with Crippen LogP contribution < -0.4 is 22.5 Å². The van der Waals surface area contributed by atoms with Gasteiger partial charge in [-0.25, -0.2) is 0 Å². The molecule has 52 heavy (non-hydrogen) atoms. The molecule has 246 valence electrons. The van der Waals surface area contributed by atoms with Crippen molar-refractivity contribution in [2.45, 2.75) is 0 Å². The van der Waals surface area contributed by atoms with Crippen molar-refractivity contribution in [3.05, 3.63) is 224 Å². The molecule has 9 aromatic rings. The summed E-state index contributed by atoms with van der Waals surface area (Å²) in [6.45, 7) is 0. The van der Waals surface area contributed by atoms with Crippen LogP contribution in [0.3, 0.4) is 0 Å². The number of hydrogen-bond donors (Lipinski definition) is 0. The van der Waals surface area contributed by atoms with Crippen LogP contribution in [-0.2, 0) is 0 Å². The van der Waals surface area contributed by atoms with Gasteiger partial charge in [-0.05, 0) is 0 Å². The van der Waals surface area contributed by atoms with Gasteiger partial charge in [-0.15, -0.1) is 0 Å². The predicted octanol–water partition coefficient (Wildman–Crippen LogP) is 10.5. The molecule has 1 nitrogen and oxygen atoms in total. The summed E-state index contributed by atoms with van der Waals surface area (Å²) in [5.74, 6) is 0. The molecule has 0 saturated carbocycles. The van der Waals surface area contributed by atoms with Crippen molar-refractivity contribution in [3.8, 4) is 11.1 Å². The van der Waals surface area contributed by atoms with Gasteiger partial charge >= 0.3 is 298 Å². The Bertz CT molecular complexity index is 2390. The van der Waals surface area contributed by atoms with Crippen molar-refractivity contribution in [3.63, 3.8) is 0 Å². The van der Waals surface area contributed by atoms with E-state index < -0.39 is 13.3 Å². The van der Waals surface area contributed by atoms with Crippen LogP contribution in [0.15, 0.2) is 224 Å². The van der Waals surface area contributed by atoms with Gasteiger partial charge in [0.05, 0.1) is 0 Å². The van der Waals surface area contributed by atoms with E-state index in [1.165, 1.54) is 50.3 Å². The van der Waals surface area contributed by atoms with E-state index in [4.69, 9.17) is 0 Å². The predicted molar refractivity (Wildman–Crippen MR) is 225 cm³/mol. The van der Waals surface area contributed by atoms with Crippen molar-refractivity contribution < 1.29 is 0 Å². The topological polar surface area (TPSA) is 3.24 Å². The molecule has 0 spiro atoms. The summed E-state index contributed by atoms with van der Waals surface area (Å²) >= 11 is -3.65. The van der Waals surface area contributed by atoms with Gasteiger partial charge in [-0.2, -0.15) is 0 Å². The van der Waals surface area contributed by atoms with E-state index in [0.717, 1.165) is 17.1 Å². The van der Waals surface area contributed by atoms with Gasteiger partial charge in [0.25, 0.3) is 0 Å². The maximum absolute atomic E-state index is 3.65. The number of nitrogens with zero attached hydrogens (tertiary/aromatic N) is 1. The van der Waals surface area contributed by atoms with Crippen LogP contribution in [0.5, 0.6) is 0 Å². The number of benzene rings is 9. The molecule has 0 atom stereocenters. The zero-order valence-corrected chi connectivity index (χ0v) is 30.9. The fourth-order valence-electron chi connectivity index (χ4n) is 8.22. The minimum absolute atomic E-state index is 1.12. The second-order valence-electron chi connectivity index (χ2n) is 13.2. The summed E-state index contributed by atoms with van der Waals surface area (Å²) in [6.07, 6.45) is 0. The molecule has 0 aromatic heterocycles. The number of para-hydroxylation sites is 2. The van der Waals surface area contributed by atoms with Crippen LogP contribution in [0.25, 0.3) is 32.7 Å². The van der Waals surface area contributed by atoms with Gasteiger partial charge in [0.1, 0.15) is 0 Å². The molecule has 0 aliphatic heterocycles. The normalized spacial score (nSPS) is 11.5. The Balaban J connectivity index is 1.33. The van der Waals surface area contributed by atoms with Gasteiger partial charge in [0.15, 0.2) is 0 Å². The third-order valence-corrected chi connectivity index (χ3v) is 20.6. The first-order chi connectivity index (χ1) is 25.8. The molecule has 0 unspecified atom stereocenters. The molecule has 0 aliphatic carbocycles. The van der Waals surface area contributed by atoms with Crippen LogP contribution in [0.4, 0.5) is 17.1 Å². The zero-order chi connectivity index (χ0) is 34.7. The Labute approximate surface area is 308 Å². The maximum atomic E-state index is 2.38. The Morgan fingerprint density at radius 3 is 0.962 bits per heavy atom. The molecule has 0 aliphatic rings. The van der Waals surface area contributed by atoms with Crippen LogP contribution in [0, 0.1) is 0 Å². The molecular formula is C50H37GeN. The number of fused-ring (bicyclic) bond motifs is 2. The second kappa shape index (κ2) is 13.9. The van der Waals surface area contributed by atoms with E-state index in [1.54, 1.807) is 0 Å². The molecule has 0 fully saturated rings. The zero-order valence-electron chi connectivity index (χ0n) is 28.8. The van der Waals surface area contributed by atoms with Gasteiger partial charge in [-0.1, -0.05) is 12.1 Å². The van der Waals surface area contributed by atoms with E-state index in [2.05, 4.69) is 229 Å². The summed E-state index contributed by atoms with van der Waals surface area (Å²) in [7, 11) is 0. The van der Waals surface area contributed by atoms with Crippen molar-refractivity contribution in [1.29, 1.82) is 0 Å². The average Bonchev–Trinajstić information content (AvgIpc) is 3.23. The molecule has 9 rings (SSSR count). The average molecular weight is 724 g/mol. The Morgan fingerprint density at radius 2 is 0.577 bits per heavy atom. The van der Waals surface area contributed by atoms with E-state index in [-0.39, 0.29) is 0 Å². The molecule has 0 saturated heterocycles. The standard InChI is InChI=1S/C50H37GeN/c1-6-20-39(21-7-1)51(40-22-8-2-9-23-40,41-24-10-3-11-25-41)50-47-32-18-16-30-45(47)49(46-31-17-19-33-48(46)50)38-34-36-44(37-35-38)52(42-26-12-4-13-27-42)43-28-14-5-15-29-43/h1-37H. The summed E-state index contributed by atoms with van der Waals surface area (Å²) in [5, 5.41) is 5.22. The van der Waals surface area contributed by atoms with Crippen LogP contribution in [0.1, 0.15) is 0 Å². The third-order valence-electron chi connectivity index (χ3n) is 10.4. The third kappa shape index (κ3) is 5.42. The van der Waals surface area contributed by atoms with E-state index in [1.807, 2.05) is 0 Å². The monoisotopic (exact) mass is 725 g/mol. The first-order valence-electron chi connectivity index (χ1n) is 18.0. The Hall–Kier alpha value is -6.16. The number of rotatable bonds is 8. The SMILES string of the molecule is c1ccc(N(c2ccccc2)c2ccc(-c3c4ccccc4[c]([Ge]([c]4ccccc4)([c]4ccccc4)[c]4ccccc4)c4ccccc34)cc2)cc1. The molecule has 0 N–H and O–H groups in total. The molecule has 0 amide bonds. The summed E-state index contributed by atoms with van der Waals surface area (Å²) in [5.41, 5.74) is 5.87. The quantitative estimate of drug-likeness (QED) is 0.111. The minimum atomic E-state index is -3.65. The molecule has 0 heterocycles. The first kappa shape index (κ1) is 31.8. The van der Waals surface area contributed by atoms with Gasteiger partial charge < -0.3 is 0 Å². The van der Waals surface area contributed by atoms with Crippen molar-refractivity contribution in [2.75, 3.05) is 4.90 Å². The van der Waals surface area contributed by atoms with E-state index >= 15 is 0 Å².